The Labute approximate surface area is 99.4 Å². The number of hydrogen-bond donors (Lipinski definition) is 0. The van der Waals surface area contributed by atoms with Crippen LogP contribution >= 0.6 is 0 Å². The van der Waals surface area contributed by atoms with Gasteiger partial charge < -0.3 is 0 Å². The third-order valence-corrected chi connectivity index (χ3v) is 2.33. The minimum absolute atomic E-state index is 0.279. The number of carbonyl (C=O) groups excluding carboxylic acids is 1. The van der Waals surface area contributed by atoms with E-state index < -0.39 is 11.0 Å². The van der Waals surface area contributed by atoms with Crippen molar-refractivity contribution in [3.8, 4) is 0 Å². The predicted octanol–water partition coefficient (Wildman–Crippen LogP) is 3.87. The van der Waals surface area contributed by atoms with E-state index in [0.717, 1.165) is 25.7 Å². The van der Waals surface area contributed by atoms with E-state index in [1.54, 1.807) is 0 Å². The highest BCUT2D eigenvalue weighted by Gasteiger charge is 2.31. The van der Waals surface area contributed by atoms with Crippen LogP contribution in [0.5, 0.6) is 0 Å². The molecule has 0 atom stereocenters. The minimum Gasteiger partial charge on any atom is -0.297 e. The van der Waals surface area contributed by atoms with Gasteiger partial charge in [0.15, 0.2) is 0 Å². The zero-order valence-corrected chi connectivity index (χ0v) is 11.6. The number of unbranched alkanes of at least 4 members (excludes halogenated alkanes) is 2. The summed E-state index contributed by atoms with van der Waals surface area (Å²) in [6.45, 7) is 11.5. The fourth-order valence-corrected chi connectivity index (χ4v) is 1.19. The summed E-state index contributed by atoms with van der Waals surface area (Å²) in [5.74, 6) is -0.279. The van der Waals surface area contributed by atoms with Gasteiger partial charge in [0, 0.05) is 0 Å². The molecular formula is C13H26O3. The predicted molar refractivity (Wildman–Crippen MR) is 64.9 cm³/mol. The minimum atomic E-state index is -0.458. The first-order valence-electron chi connectivity index (χ1n) is 6.09. The van der Waals surface area contributed by atoms with Gasteiger partial charge in [-0.2, -0.15) is 4.89 Å². The van der Waals surface area contributed by atoms with E-state index in [0.29, 0.717) is 0 Å². The fourth-order valence-electron chi connectivity index (χ4n) is 1.19. The van der Waals surface area contributed by atoms with Crippen molar-refractivity contribution in [1.82, 2.24) is 0 Å². The number of carbonyl (C=O) groups is 1. The maximum atomic E-state index is 11.8. The summed E-state index contributed by atoms with van der Waals surface area (Å²) in [6, 6.07) is 0. The summed E-state index contributed by atoms with van der Waals surface area (Å²) >= 11 is 0. The molecule has 0 aromatic heterocycles. The van der Waals surface area contributed by atoms with Crippen LogP contribution in [0.3, 0.4) is 0 Å². The van der Waals surface area contributed by atoms with Gasteiger partial charge in [-0.05, 0) is 41.0 Å². The van der Waals surface area contributed by atoms with Crippen LogP contribution in [0.25, 0.3) is 0 Å². The zero-order chi connectivity index (χ0) is 12.8. The summed E-state index contributed by atoms with van der Waals surface area (Å²) in [6.07, 6.45) is 4.20. The molecule has 0 aromatic carbocycles. The molecule has 0 N–H and O–H groups in total. The lowest BCUT2D eigenvalue weighted by atomic mass is 9.87. The Morgan fingerprint density at radius 2 is 1.62 bits per heavy atom. The molecule has 3 heteroatoms. The number of rotatable bonds is 6. The third kappa shape index (κ3) is 6.83. The van der Waals surface area contributed by atoms with E-state index in [2.05, 4.69) is 6.92 Å². The summed E-state index contributed by atoms with van der Waals surface area (Å²) in [7, 11) is 0. The fraction of sp³-hybridized carbons (Fsp3) is 0.923. The van der Waals surface area contributed by atoms with Crippen LogP contribution < -0.4 is 0 Å². The Bertz CT molecular complexity index is 214. The quantitative estimate of drug-likeness (QED) is 0.395. The summed E-state index contributed by atoms with van der Waals surface area (Å²) in [5.41, 5.74) is -0.907. The van der Waals surface area contributed by atoms with Gasteiger partial charge >= 0.3 is 5.97 Å². The molecule has 0 aliphatic rings. The molecular weight excluding hydrogens is 204 g/mol. The average Bonchev–Trinajstić information content (AvgIpc) is 2.13. The lowest BCUT2D eigenvalue weighted by Crippen LogP contribution is -2.30. The molecule has 0 aliphatic carbocycles. The van der Waals surface area contributed by atoms with Crippen LogP contribution in [0.15, 0.2) is 0 Å². The van der Waals surface area contributed by atoms with Gasteiger partial charge in [-0.15, -0.1) is 0 Å². The third-order valence-electron chi connectivity index (χ3n) is 2.33. The highest BCUT2D eigenvalue weighted by molar-refractivity contribution is 5.75. The van der Waals surface area contributed by atoms with E-state index >= 15 is 0 Å². The van der Waals surface area contributed by atoms with Gasteiger partial charge in [0.25, 0.3) is 0 Å². The molecule has 0 saturated heterocycles. The Kier molecular flexibility index (Phi) is 6.01. The van der Waals surface area contributed by atoms with Gasteiger partial charge in [0.1, 0.15) is 5.60 Å². The summed E-state index contributed by atoms with van der Waals surface area (Å²) < 4.78 is 0. The van der Waals surface area contributed by atoms with Crippen molar-refractivity contribution in [3.05, 3.63) is 0 Å². The highest BCUT2D eigenvalue weighted by Crippen LogP contribution is 2.26. The maximum absolute atomic E-state index is 11.8. The van der Waals surface area contributed by atoms with Crippen molar-refractivity contribution < 1.29 is 14.6 Å². The monoisotopic (exact) mass is 230 g/mol. The molecule has 96 valence electrons. The first kappa shape index (κ1) is 15.4. The first-order valence-corrected chi connectivity index (χ1v) is 6.09. The van der Waals surface area contributed by atoms with E-state index in [1.807, 2.05) is 34.6 Å². The van der Waals surface area contributed by atoms with Crippen LogP contribution in [0.1, 0.15) is 67.2 Å². The van der Waals surface area contributed by atoms with Crippen LogP contribution in [-0.4, -0.2) is 11.6 Å². The van der Waals surface area contributed by atoms with Gasteiger partial charge in [-0.3, -0.25) is 4.89 Å². The van der Waals surface area contributed by atoms with Crippen LogP contribution in [0.2, 0.25) is 0 Å². The molecule has 0 bridgehead atoms. The normalized spacial score (nSPS) is 12.6. The molecule has 0 amide bonds. The maximum Gasteiger partial charge on any atom is 0.347 e. The second kappa shape index (κ2) is 6.24. The lowest BCUT2D eigenvalue weighted by molar-refractivity contribution is -0.326. The Morgan fingerprint density at radius 3 is 2.06 bits per heavy atom. The van der Waals surface area contributed by atoms with Crippen molar-refractivity contribution in [2.24, 2.45) is 5.41 Å². The molecule has 0 rings (SSSR count). The molecule has 0 spiro atoms. The van der Waals surface area contributed by atoms with Crippen LogP contribution in [-0.2, 0) is 14.6 Å². The molecule has 0 aromatic rings. The molecule has 0 saturated carbocycles. The Hall–Kier alpha value is -0.570. The van der Waals surface area contributed by atoms with Crippen molar-refractivity contribution >= 4 is 5.97 Å². The van der Waals surface area contributed by atoms with E-state index in [4.69, 9.17) is 9.78 Å². The van der Waals surface area contributed by atoms with Crippen molar-refractivity contribution in [2.75, 3.05) is 0 Å². The average molecular weight is 230 g/mol. The molecule has 16 heavy (non-hydrogen) atoms. The zero-order valence-electron chi connectivity index (χ0n) is 11.6. The van der Waals surface area contributed by atoms with Gasteiger partial charge in [0.05, 0.1) is 5.41 Å². The van der Waals surface area contributed by atoms with E-state index in [1.165, 1.54) is 0 Å². The molecule has 0 fully saturated rings. The summed E-state index contributed by atoms with van der Waals surface area (Å²) in [5, 5.41) is 0. The topological polar surface area (TPSA) is 35.5 Å². The second-order valence-electron chi connectivity index (χ2n) is 5.91. The highest BCUT2D eigenvalue weighted by atomic mass is 17.2. The molecule has 0 unspecified atom stereocenters. The van der Waals surface area contributed by atoms with Crippen molar-refractivity contribution in [2.45, 2.75) is 72.8 Å². The second-order valence-corrected chi connectivity index (χ2v) is 5.91. The lowest BCUT2D eigenvalue weighted by Gasteiger charge is -2.24. The largest absolute Gasteiger partial charge is 0.347 e. The molecule has 3 nitrogen and oxygen atoms in total. The standard InChI is InChI=1S/C13H26O3/c1-7-8-9-10-13(5,6)11(14)15-16-12(2,3)4/h7-10H2,1-6H3. The Morgan fingerprint density at radius 1 is 1.06 bits per heavy atom. The van der Waals surface area contributed by atoms with Gasteiger partial charge in [-0.25, -0.2) is 4.79 Å². The summed E-state index contributed by atoms with van der Waals surface area (Å²) in [4.78, 5) is 21.7. The van der Waals surface area contributed by atoms with Crippen molar-refractivity contribution in [3.63, 3.8) is 0 Å². The van der Waals surface area contributed by atoms with Crippen LogP contribution in [0.4, 0.5) is 0 Å². The smallest absolute Gasteiger partial charge is 0.297 e. The molecule has 0 heterocycles. The molecule has 0 radical (unpaired) electrons. The Balaban J connectivity index is 4.04. The van der Waals surface area contributed by atoms with Crippen LogP contribution in [0, 0.1) is 5.41 Å². The van der Waals surface area contributed by atoms with Gasteiger partial charge in [-0.1, -0.05) is 26.2 Å². The van der Waals surface area contributed by atoms with E-state index in [-0.39, 0.29) is 5.97 Å². The number of hydrogen-bond acceptors (Lipinski definition) is 3. The van der Waals surface area contributed by atoms with E-state index in [9.17, 15) is 4.79 Å². The SMILES string of the molecule is CCCCCC(C)(C)C(=O)OOC(C)(C)C. The molecule has 0 aliphatic heterocycles. The van der Waals surface area contributed by atoms with Crippen molar-refractivity contribution in [1.29, 1.82) is 0 Å². The van der Waals surface area contributed by atoms with Gasteiger partial charge in [0.2, 0.25) is 0 Å². The first-order chi connectivity index (χ1) is 7.19.